The first-order chi connectivity index (χ1) is 13.1. The van der Waals surface area contributed by atoms with E-state index in [9.17, 15) is 9.90 Å². The molecule has 2 saturated heterocycles. The number of aromatic nitrogens is 1. The summed E-state index contributed by atoms with van der Waals surface area (Å²) < 4.78 is 0. The molecular formula is C23H28N2O2. The number of aryl methyl sites for hydroxylation is 1. The zero-order chi connectivity index (χ0) is 18.2. The van der Waals surface area contributed by atoms with E-state index in [1.54, 1.807) is 0 Å². The fraction of sp³-hybridized carbons (Fsp3) is 0.609. The Morgan fingerprint density at radius 3 is 2.67 bits per heavy atom. The average molecular weight is 364 g/mol. The minimum absolute atomic E-state index is 0.277. The number of nitrogens with zero attached hydrogens (tertiary/aromatic N) is 1. The monoisotopic (exact) mass is 364 g/mol. The molecule has 2 aliphatic heterocycles. The molecule has 4 heteroatoms. The van der Waals surface area contributed by atoms with Crippen molar-refractivity contribution in [1.82, 2.24) is 9.88 Å². The van der Waals surface area contributed by atoms with Crippen LogP contribution in [0.3, 0.4) is 0 Å². The maximum atomic E-state index is 13.1. The number of hydrogen-bond donors (Lipinski definition) is 2. The van der Waals surface area contributed by atoms with Crippen LogP contribution in [-0.4, -0.2) is 38.6 Å². The summed E-state index contributed by atoms with van der Waals surface area (Å²) in [5.74, 6) is 1.64. The van der Waals surface area contributed by atoms with E-state index in [2.05, 4.69) is 34.3 Å². The molecule has 0 spiro atoms. The van der Waals surface area contributed by atoms with Crippen molar-refractivity contribution in [3.63, 3.8) is 0 Å². The molecule has 1 aromatic carbocycles. The summed E-state index contributed by atoms with van der Waals surface area (Å²) in [6, 6.07) is 7.11. The fourth-order valence-electron chi connectivity index (χ4n) is 6.58. The van der Waals surface area contributed by atoms with Crippen LogP contribution in [0, 0.1) is 5.92 Å². The molecular weight excluding hydrogens is 336 g/mol. The van der Waals surface area contributed by atoms with E-state index >= 15 is 0 Å². The van der Waals surface area contributed by atoms with E-state index in [1.807, 2.05) is 0 Å². The van der Waals surface area contributed by atoms with Gasteiger partial charge < -0.3 is 15.0 Å². The smallest absolute Gasteiger partial charge is 0.223 e. The van der Waals surface area contributed by atoms with E-state index in [-0.39, 0.29) is 12.1 Å². The molecule has 4 bridgehead atoms. The van der Waals surface area contributed by atoms with Crippen LogP contribution in [0.25, 0.3) is 10.9 Å². The number of fused-ring (bicyclic) bond motifs is 1. The number of piperidine rings is 2. The standard InChI is InChI=1S/C23H28N2O2/c26-21(25-17-8-14-9-18(25)12-23(27,10-14)11-17)7-6-16-13-24-20-3-1-2-19(22(16)20)15-4-5-15/h1-3,13-15,17-18,24,27H,4-12H2. The molecule has 2 unspecified atom stereocenters. The second kappa shape index (κ2) is 5.60. The normalized spacial score (nSPS) is 34.6. The first-order valence-electron chi connectivity index (χ1n) is 10.7. The lowest BCUT2D eigenvalue weighted by Crippen LogP contribution is -2.65. The molecule has 4 nitrogen and oxygen atoms in total. The van der Waals surface area contributed by atoms with E-state index in [0.29, 0.717) is 24.2 Å². The van der Waals surface area contributed by atoms with Gasteiger partial charge in [0.25, 0.3) is 0 Å². The predicted molar refractivity (Wildman–Crippen MR) is 105 cm³/mol. The van der Waals surface area contributed by atoms with Gasteiger partial charge in [0, 0.05) is 35.6 Å². The van der Waals surface area contributed by atoms with Crippen LogP contribution < -0.4 is 0 Å². The third kappa shape index (κ3) is 2.56. The summed E-state index contributed by atoms with van der Waals surface area (Å²) in [6.45, 7) is 0. The number of aliphatic hydroxyl groups is 1. The molecule has 1 aromatic heterocycles. The van der Waals surface area contributed by atoms with Crippen molar-refractivity contribution in [1.29, 1.82) is 0 Å². The van der Waals surface area contributed by atoms with Gasteiger partial charge in [-0.1, -0.05) is 12.1 Å². The summed E-state index contributed by atoms with van der Waals surface area (Å²) in [7, 11) is 0. The largest absolute Gasteiger partial charge is 0.390 e. The van der Waals surface area contributed by atoms with Crippen LogP contribution in [-0.2, 0) is 11.2 Å². The maximum absolute atomic E-state index is 13.1. The van der Waals surface area contributed by atoms with Crippen molar-refractivity contribution in [3.8, 4) is 0 Å². The first kappa shape index (κ1) is 16.2. The van der Waals surface area contributed by atoms with E-state index in [0.717, 1.165) is 38.5 Å². The molecule has 5 aliphatic rings. The summed E-state index contributed by atoms with van der Waals surface area (Å²) in [5, 5.41) is 12.1. The fourth-order valence-corrected chi connectivity index (χ4v) is 6.58. The molecule has 3 aliphatic carbocycles. The number of aromatic amines is 1. The second-order valence-electron chi connectivity index (χ2n) is 9.64. The van der Waals surface area contributed by atoms with Crippen molar-refractivity contribution >= 4 is 16.8 Å². The van der Waals surface area contributed by atoms with E-state index in [4.69, 9.17) is 0 Å². The molecule has 3 saturated carbocycles. The molecule has 2 N–H and O–H groups in total. The number of hydrogen-bond acceptors (Lipinski definition) is 2. The molecule has 2 aromatic rings. The van der Waals surface area contributed by atoms with Gasteiger partial charge in [0.15, 0.2) is 0 Å². The zero-order valence-corrected chi connectivity index (χ0v) is 15.8. The molecule has 1 amide bonds. The van der Waals surface area contributed by atoms with Crippen molar-refractivity contribution < 1.29 is 9.90 Å². The van der Waals surface area contributed by atoms with Crippen LogP contribution in [0.2, 0.25) is 0 Å². The quantitative estimate of drug-likeness (QED) is 0.865. The van der Waals surface area contributed by atoms with Gasteiger partial charge >= 0.3 is 0 Å². The van der Waals surface area contributed by atoms with Crippen molar-refractivity contribution in [3.05, 3.63) is 35.5 Å². The van der Waals surface area contributed by atoms with Crippen LogP contribution in [0.1, 0.15) is 68.4 Å². The summed E-state index contributed by atoms with van der Waals surface area (Å²) in [5.41, 5.74) is 3.49. The lowest BCUT2D eigenvalue weighted by atomic mass is 9.61. The van der Waals surface area contributed by atoms with Gasteiger partial charge in [-0.05, 0) is 80.4 Å². The van der Waals surface area contributed by atoms with Gasteiger partial charge in [0.05, 0.1) is 5.60 Å². The molecule has 2 atom stereocenters. The number of benzene rings is 1. The predicted octanol–water partition coefficient (Wildman–Crippen LogP) is 3.88. The van der Waals surface area contributed by atoms with Gasteiger partial charge in [-0.2, -0.15) is 0 Å². The Morgan fingerprint density at radius 1 is 1.19 bits per heavy atom. The highest BCUT2D eigenvalue weighted by molar-refractivity contribution is 5.88. The maximum Gasteiger partial charge on any atom is 0.223 e. The Labute approximate surface area is 159 Å². The average Bonchev–Trinajstić information content (AvgIpc) is 3.38. The zero-order valence-electron chi connectivity index (χ0n) is 15.8. The van der Waals surface area contributed by atoms with Gasteiger partial charge in [-0.25, -0.2) is 0 Å². The number of rotatable bonds is 4. The minimum atomic E-state index is -0.483. The van der Waals surface area contributed by atoms with E-state index in [1.165, 1.54) is 34.9 Å². The molecule has 3 heterocycles. The number of H-pyrrole nitrogens is 1. The topological polar surface area (TPSA) is 56.3 Å². The van der Waals surface area contributed by atoms with Gasteiger partial charge in [-0.15, -0.1) is 0 Å². The SMILES string of the molecule is O=C(CCc1c[nH]c2cccc(C3CC3)c12)N1C2CC3CC1CC(O)(C3)C2. The molecule has 0 radical (unpaired) electrons. The van der Waals surface area contributed by atoms with Crippen LogP contribution in [0.5, 0.6) is 0 Å². The highest BCUT2D eigenvalue weighted by Gasteiger charge is 2.54. The summed E-state index contributed by atoms with van der Waals surface area (Å²) in [4.78, 5) is 18.7. The first-order valence-corrected chi connectivity index (χ1v) is 10.7. The Kier molecular flexibility index (Phi) is 3.36. The lowest BCUT2D eigenvalue weighted by molar-refractivity contribution is -0.174. The van der Waals surface area contributed by atoms with Crippen LogP contribution in [0.15, 0.2) is 24.4 Å². The number of amides is 1. The summed E-state index contributed by atoms with van der Waals surface area (Å²) >= 11 is 0. The lowest BCUT2D eigenvalue weighted by Gasteiger charge is -2.59. The number of carbonyl (C=O) groups excluding carboxylic acids is 1. The number of carbonyl (C=O) groups is 1. The molecule has 27 heavy (non-hydrogen) atoms. The molecule has 5 fully saturated rings. The van der Waals surface area contributed by atoms with E-state index < -0.39 is 5.60 Å². The highest BCUT2D eigenvalue weighted by atomic mass is 16.3. The van der Waals surface area contributed by atoms with Crippen molar-refractivity contribution in [2.24, 2.45) is 5.92 Å². The van der Waals surface area contributed by atoms with Gasteiger partial charge in [0.1, 0.15) is 0 Å². The third-order valence-electron chi connectivity index (χ3n) is 7.63. The Balaban J connectivity index is 1.21. The molecule has 7 rings (SSSR count). The molecule has 142 valence electrons. The Bertz CT molecular complexity index is 896. The highest BCUT2D eigenvalue weighted by Crippen LogP contribution is 2.51. The third-order valence-corrected chi connectivity index (χ3v) is 7.63. The Hall–Kier alpha value is -1.81. The summed E-state index contributed by atoms with van der Waals surface area (Å²) in [6.07, 6.45) is 10.9. The minimum Gasteiger partial charge on any atom is -0.390 e. The van der Waals surface area contributed by atoms with Crippen molar-refractivity contribution in [2.75, 3.05) is 0 Å². The Morgan fingerprint density at radius 2 is 1.96 bits per heavy atom. The van der Waals surface area contributed by atoms with Crippen molar-refractivity contribution in [2.45, 2.75) is 81.4 Å². The number of nitrogens with one attached hydrogen (secondary N) is 1. The van der Waals surface area contributed by atoms with Crippen LogP contribution in [0.4, 0.5) is 0 Å². The van der Waals surface area contributed by atoms with Gasteiger partial charge in [0.2, 0.25) is 5.91 Å². The van der Waals surface area contributed by atoms with Gasteiger partial charge in [-0.3, -0.25) is 4.79 Å². The second-order valence-corrected chi connectivity index (χ2v) is 9.64. The van der Waals surface area contributed by atoms with Crippen LogP contribution >= 0.6 is 0 Å².